The summed E-state index contributed by atoms with van der Waals surface area (Å²) < 4.78 is 0. The van der Waals surface area contributed by atoms with E-state index in [0.29, 0.717) is 0 Å². The molecule has 0 aliphatic rings. The van der Waals surface area contributed by atoms with Gasteiger partial charge in [0.05, 0.1) is 0 Å². The fourth-order valence-corrected chi connectivity index (χ4v) is 0.159. The number of hydrogen-bond donors (Lipinski definition) is 1. The molecule has 0 amide bonds. The van der Waals surface area contributed by atoms with Crippen molar-refractivity contribution >= 4 is 35.4 Å². The second kappa shape index (κ2) is 6.88. The average molecular weight is 103 g/mol. The van der Waals surface area contributed by atoms with Gasteiger partial charge in [0.15, 0.2) is 0 Å². The molecule has 0 spiro atoms. The van der Waals surface area contributed by atoms with Gasteiger partial charge in [-0.15, -0.1) is 0 Å². The molecule has 0 rings (SSSR count). The molecule has 0 bridgehead atoms. The molecule has 8 heavy (non-hydrogen) atoms. The summed E-state index contributed by atoms with van der Waals surface area (Å²) in [6.07, 6.45) is 0. The summed E-state index contributed by atoms with van der Waals surface area (Å²) in [5, 5.41) is 8.01. The van der Waals surface area contributed by atoms with Crippen LogP contribution in [-0.2, 0) is 9.61 Å². The summed E-state index contributed by atoms with van der Waals surface area (Å²) in [6, 6.07) is 0. The Morgan fingerprint density at radius 3 is 2.62 bits per heavy atom. The topological polar surface area (TPSA) is 38.7 Å². The van der Waals surface area contributed by atoms with Crippen molar-refractivity contribution < 1.29 is 14.6 Å². The van der Waals surface area contributed by atoms with Gasteiger partial charge in [0.2, 0.25) is 0 Å². The Kier molecular flexibility index (Phi) is 6.79. The summed E-state index contributed by atoms with van der Waals surface area (Å²) in [5.41, 5.74) is 0. The van der Waals surface area contributed by atoms with Gasteiger partial charge in [-0.25, -0.2) is 0 Å². The van der Waals surface area contributed by atoms with Gasteiger partial charge < -0.3 is 0 Å². The molecule has 3 nitrogen and oxygen atoms in total. The maximum atomic E-state index is 8.01. The van der Waals surface area contributed by atoms with E-state index in [9.17, 15) is 0 Å². The maximum absolute atomic E-state index is 8.01. The zero-order chi connectivity index (χ0) is 6.24. The molecule has 34 valence electrons. The van der Waals surface area contributed by atoms with Crippen molar-refractivity contribution in [2.45, 2.75) is 0 Å². The first-order valence-electron chi connectivity index (χ1n) is 1.90. The predicted octanol–water partition coefficient (Wildman–Crippen LogP) is -2.60. The molecule has 0 aliphatic heterocycles. The van der Waals surface area contributed by atoms with Crippen LogP contribution in [0.4, 0.5) is 0 Å². The van der Waals surface area contributed by atoms with E-state index in [1.165, 1.54) is 20.4 Å². The molecule has 0 heterocycles. The fraction of sp³-hybridized carbons (Fsp3) is 0. The van der Waals surface area contributed by atoms with Crippen LogP contribution < -0.4 is 0 Å². The van der Waals surface area contributed by atoms with E-state index >= 15 is 0 Å². The van der Waals surface area contributed by atoms with E-state index in [1.807, 2.05) is 0 Å². The zero-order valence-electron chi connectivity index (χ0n) is 4.15. The van der Waals surface area contributed by atoms with Gasteiger partial charge in [-0.3, -0.25) is 0 Å². The van der Waals surface area contributed by atoms with Crippen molar-refractivity contribution in [2.24, 2.45) is 0 Å². The standard InChI is InChI=1S/B5HO3/c1-7-8-5-3-2-4-6/h6H. The normalized spacial score (nSPS) is 7.00. The molecule has 0 aromatic carbocycles. The van der Waals surface area contributed by atoms with Crippen LogP contribution in [0.5, 0.6) is 0 Å². The summed E-state index contributed by atoms with van der Waals surface area (Å²) >= 11 is 0. The molecule has 0 aromatic heterocycles. The van der Waals surface area contributed by atoms with Crippen molar-refractivity contribution in [1.29, 1.82) is 0 Å². The van der Waals surface area contributed by atoms with Gasteiger partial charge >= 0.3 is 50.1 Å². The van der Waals surface area contributed by atoms with Gasteiger partial charge in [-0.2, -0.15) is 0 Å². The summed E-state index contributed by atoms with van der Waals surface area (Å²) in [7, 11) is 6.48. The molecular weight excluding hydrogens is 102 g/mol. The van der Waals surface area contributed by atoms with Crippen molar-refractivity contribution in [3.8, 4) is 0 Å². The number of hydrogen-bond acceptors (Lipinski definition) is 3. The van der Waals surface area contributed by atoms with Gasteiger partial charge in [0.1, 0.15) is 0 Å². The average Bonchev–Trinajstić information content (AvgIpc) is 1.81. The predicted molar refractivity (Wildman–Crippen MR) is 33.2 cm³/mol. The molecule has 8 heteroatoms. The van der Waals surface area contributed by atoms with Crippen LogP contribution >= 0.6 is 0 Å². The van der Waals surface area contributed by atoms with Crippen LogP contribution in [0.3, 0.4) is 0 Å². The first kappa shape index (κ1) is 7.88. The Morgan fingerprint density at radius 1 is 1.38 bits per heavy atom. The molecule has 2 radical (unpaired) electrons. The first-order valence-corrected chi connectivity index (χ1v) is 1.90. The molecule has 0 atom stereocenters. The van der Waals surface area contributed by atoms with Crippen molar-refractivity contribution in [1.82, 2.24) is 0 Å². The summed E-state index contributed by atoms with van der Waals surface area (Å²) in [6.45, 7) is 2.76. The second-order valence-electron chi connectivity index (χ2n) is 0.863. The van der Waals surface area contributed by atoms with Crippen molar-refractivity contribution in [3.63, 3.8) is 0 Å². The van der Waals surface area contributed by atoms with Gasteiger partial charge in [-0.05, 0) is 0 Å². The molecule has 1 N–H and O–H groups in total. The number of rotatable bonds is 3. The minimum atomic E-state index is 0.858. The van der Waals surface area contributed by atoms with E-state index < -0.39 is 0 Å². The molecular formula is HB5O3. The van der Waals surface area contributed by atoms with E-state index in [4.69, 9.17) is 5.02 Å². The fourth-order valence-electron chi connectivity index (χ4n) is 0.159. The van der Waals surface area contributed by atoms with Gasteiger partial charge in [-0.1, -0.05) is 0 Å². The Hall–Kier alpha value is -0.115. The first-order chi connectivity index (χ1) is 3.91. The molecule has 0 aromatic rings. The second-order valence-corrected chi connectivity index (χ2v) is 0.863. The Labute approximate surface area is 51.0 Å². The van der Waals surface area contributed by atoms with Crippen LogP contribution in [-0.4, -0.2) is 40.5 Å². The summed E-state index contributed by atoms with van der Waals surface area (Å²) in [4.78, 5) is 7.76. The van der Waals surface area contributed by atoms with Crippen LogP contribution in [0, 0.1) is 0 Å². The quantitative estimate of drug-likeness (QED) is 0.242. The monoisotopic (exact) mass is 104 g/mol. The molecule has 0 saturated heterocycles. The van der Waals surface area contributed by atoms with Crippen LogP contribution in [0.15, 0.2) is 0 Å². The van der Waals surface area contributed by atoms with Crippen molar-refractivity contribution in [3.05, 3.63) is 0 Å². The van der Waals surface area contributed by atoms with E-state index in [0.717, 1.165) is 7.00 Å². The van der Waals surface area contributed by atoms with Crippen molar-refractivity contribution in [2.75, 3.05) is 0 Å². The molecule has 0 aliphatic carbocycles. The summed E-state index contributed by atoms with van der Waals surface area (Å²) in [5.74, 6) is 0. The Morgan fingerprint density at radius 2 is 2.12 bits per heavy atom. The third-order valence-electron chi connectivity index (χ3n) is 0.387. The van der Waals surface area contributed by atoms with Crippen LogP contribution in [0.2, 0.25) is 0 Å². The van der Waals surface area contributed by atoms with E-state index in [-0.39, 0.29) is 0 Å². The van der Waals surface area contributed by atoms with Crippen LogP contribution in [0.25, 0.3) is 0 Å². The van der Waals surface area contributed by atoms with Gasteiger partial charge in [0.25, 0.3) is 0 Å². The van der Waals surface area contributed by atoms with E-state index in [2.05, 4.69) is 17.7 Å². The minimum absolute atomic E-state index is 0.858. The van der Waals surface area contributed by atoms with E-state index in [1.54, 1.807) is 0 Å². The SMILES string of the molecule is [B]OOB=BB=BO. The molecule has 0 unspecified atom stereocenters. The third kappa shape index (κ3) is 5.88. The van der Waals surface area contributed by atoms with Crippen LogP contribution in [0.1, 0.15) is 0 Å². The Balaban J connectivity index is 3.07. The molecule has 0 fully saturated rings. The third-order valence-corrected chi connectivity index (χ3v) is 0.387. The van der Waals surface area contributed by atoms with Gasteiger partial charge in [0, 0.05) is 0 Å². The molecule has 0 saturated carbocycles. The Bertz CT molecular complexity index is 85.7. The zero-order valence-corrected chi connectivity index (χ0v) is 4.15.